The van der Waals surface area contributed by atoms with Crippen LogP contribution in [0.5, 0.6) is 0 Å². The molecule has 162 valence electrons. The maximum absolute atomic E-state index is 13.4. The molecule has 32 heavy (non-hydrogen) atoms. The molecular formula is C24H22ClN5O2. The van der Waals surface area contributed by atoms with E-state index in [1.807, 2.05) is 60.0 Å². The Labute approximate surface area is 189 Å². The van der Waals surface area contributed by atoms with E-state index in [4.69, 9.17) is 26.3 Å². The van der Waals surface area contributed by atoms with Crippen molar-refractivity contribution in [1.29, 1.82) is 0 Å². The number of benzene rings is 2. The van der Waals surface area contributed by atoms with Crippen molar-refractivity contribution in [2.45, 2.75) is 26.4 Å². The molecule has 0 saturated carbocycles. The fourth-order valence-corrected chi connectivity index (χ4v) is 4.12. The first kappa shape index (κ1) is 20.6. The molecule has 0 amide bonds. The highest BCUT2D eigenvalue weighted by atomic mass is 35.5. The van der Waals surface area contributed by atoms with Crippen LogP contribution in [0.25, 0.3) is 33.2 Å². The maximum Gasteiger partial charge on any atom is 0.265 e. The van der Waals surface area contributed by atoms with Gasteiger partial charge in [-0.1, -0.05) is 41.9 Å². The summed E-state index contributed by atoms with van der Waals surface area (Å²) in [5.41, 5.74) is 4.03. The molecule has 0 saturated heterocycles. The zero-order valence-corrected chi connectivity index (χ0v) is 18.4. The fraction of sp³-hybridized carbons (Fsp3) is 0.250. The molecule has 0 aliphatic rings. The van der Waals surface area contributed by atoms with Crippen LogP contribution in [0, 0.1) is 0 Å². The van der Waals surface area contributed by atoms with Gasteiger partial charge in [0.25, 0.3) is 5.56 Å². The van der Waals surface area contributed by atoms with Gasteiger partial charge in [0.15, 0.2) is 11.3 Å². The van der Waals surface area contributed by atoms with Gasteiger partial charge in [-0.3, -0.25) is 9.36 Å². The standard InChI is InChI=1S/C24H22ClN5O2/c1-2-32-13-7-12-29-15-26-22-20(24(29)31)21-23(28-19-11-6-5-10-18(19)27-21)30(22)14-16-8-3-4-9-17(16)25/h3-6,8-11,15H,2,7,12-14H2,1H3. The SMILES string of the molecule is CCOCCCn1cnc2c(c1=O)c1nc3ccccc3nc1n2Cc1ccccc1Cl. The van der Waals surface area contributed by atoms with Gasteiger partial charge < -0.3 is 9.30 Å². The molecule has 0 radical (unpaired) electrons. The third-order valence-electron chi connectivity index (χ3n) is 5.50. The number of halogens is 1. The average molecular weight is 448 g/mol. The number of para-hydroxylation sites is 2. The second-order valence-corrected chi connectivity index (χ2v) is 7.96. The minimum Gasteiger partial charge on any atom is -0.382 e. The van der Waals surface area contributed by atoms with Crippen molar-refractivity contribution in [3.63, 3.8) is 0 Å². The van der Waals surface area contributed by atoms with Gasteiger partial charge in [0.05, 0.1) is 23.9 Å². The van der Waals surface area contributed by atoms with Crippen molar-refractivity contribution in [2.75, 3.05) is 13.2 Å². The zero-order valence-electron chi connectivity index (χ0n) is 17.7. The van der Waals surface area contributed by atoms with Crippen molar-refractivity contribution in [1.82, 2.24) is 24.1 Å². The van der Waals surface area contributed by atoms with Crippen LogP contribution in [0.2, 0.25) is 5.02 Å². The van der Waals surface area contributed by atoms with Crippen LogP contribution < -0.4 is 5.56 Å². The number of hydrogen-bond donors (Lipinski definition) is 0. The summed E-state index contributed by atoms with van der Waals surface area (Å²) in [7, 11) is 0. The lowest BCUT2D eigenvalue weighted by Crippen LogP contribution is -2.21. The van der Waals surface area contributed by atoms with Crippen molar-refractivity contribution >= 4 is 44.8 Å². The molecule has 0 unspecified atom stereocenters. The Bertz CT molecular complexity index is 1490. The number of hydrogen-bond acceptors (Lipinski definition) is 5. The topological polar surface area (TPSA) is 74.8 Å². The van der Waals surface area contributed by atoms with Crippen molar-refractivity contribution in [2.24, 2.45) is 0 Å². The average Bonchev–Trinajstić information content (AvgIpc) is 3.11. The summed E-state index contributed by atoms with van der Waals surface area (Å²) in [6.45, 7) is 4.17. The molecule has 0 aliphatic carbocycles. The molecule has 0 spiro atoms. The molecule has 0 fully saturated rings. The summed E-state index contributed by atoms with van der Waals surface area (Å²) in [6.07, 6.45) is 2.33. The summed E-state index contributed by atoms with van der Waals surface area (Å²) in [5.74, 6) is 0. The molecule has 0 bridgehead atoms. The minimum absolute atomic E-state index is 0.126. The first-order chi connectivity index (χ1) is 15.7. The van der Waals surface area contributed by atoms with Gasteiger partial charge in [-0.25, -0.2) is 15.0 Å². The molecule has 0 atom stereocenters. The van der Waals surface area contributed by atoms with E-state index in [0.29, 0.717) is 53.5 Å². The van der Waals surface area contributed by atoms with Crippen molar-refractivity contribution in [3.8, 4) is 0 Å². The third kappa shape index (κ3) is 3.63. The molecule has 0 aliphatic heterocycles. The maximum atomic E-state index is 13.4. The lowest BCUT2D eigenvalue weighted by molar-refractivity contribution is 0.141. The smallest absolute Gasteiger partial charge is 0.265 e. The molecule has 3 heterocycles. The van der Waals surface area contributed by atoms with Crippen molar-refractivity contribution < 1.29 is 4.74 Å². The monoisotopic (exact) mass is 447 g/mol. The Kier molecular flexibility index (Phi) is 5.59. The molecule has 2 aromatic carbocycles. The van der Waals surface area contributed by atoms with E-state index in [-0.39, 0.29) is 5.56 Å². The highest BCUT2D eigenvalue weighted by Gasteiger charge is 2.20. The third-order valence-corrected chi connectivity index (χ3v) is 5.86. The van der Waals surface area contributed by atoms with E-state index in [1.54, 1.807) is 10.9 Å². The van der Waals surface area contributed by atoms with E-state index >= 15 is 0 Å². The van der Waals surface area contributed by atoms with E-state index in [0.717, 1.165) is 23.0 Å². The first-order valence-corrected chi connectivity index (χ1v) is 11.0. The quantitative estimate of drug-likeness (QED) is 0.345. The number of aryl methyl sites for hydroxylation is 1. The molecule has 5 aromatic rings. The van der Waals surface area contributed by atoms with Gasteiger partial charge in [-0.2, -0.15) is 0 Å². The van der Waals surface area contributed by atoms with E-state index < -0.39 is 0 Å². The van der Waals surface area contributed by atoms with Crippen LogP contribution in [0.4, 0.5) is 0 Å². The van der Waals surface area contributed by atoms with Gasteiger partial charge in [-0.05, 0) is 37.1 Å². The lowest BCUT2D eigenvalue weighted by atomic mass is 10.2. The van der Waals surface area contributed by atoms with Crippen LogP contribution >= 0.6 is 11.6 Å². The summed E-state index contributed by atoms with van der Waals surface area (Å²) in [6, 6.07) is 15.3. The molecule has 5 rings (SSSR count). The Morgan fingerprint density at radius 1 is 1.00 bits per heavy atom. The van der Waals surface area contributed by atoms with Gasteiger partial charge >= 0.3 is 0 Å². The Balaban J connectivity index is 1.73. The number of aromatic nitrogens is 5. The minimum atomic E-state index is -0.126. The second kappa shape index (κ2) is 8.68. The molecule has 7 nitrogen and oxygen atoms in total. The van der Waals surface area contributed by atoms with Crippen LogP contribution in [0.1, 0.15) is 18.9 Å². The van der Waals surface area contributed by atoms with E-state index in [2.05, 4.69) is 4.98 Å². The number of rotatable bonds is 7. The highest BCUT2D eigenvalue weighted by molar-refractivity contribution is 6.31. The predicted molar refractivity (Wildman–Crippen MR) is 126 cm³/mol. The number of fused-ring (bicyclic) bond motifs is 4. The molecule has 3 aromatic heterocycles. The Hall–Kier alpha value is -3.29. The lowest BCUT2D eigenvalue weighted by Gasteiger charge is -2.09. The highest BCUT2D eigenvalue weighted by Crippen LogP contribution is 2.27. The largest absolute Gasteiger partial charge is 0.382 e. The van der Waals surface area contributed by atoms with E-state index in [1.165, 1.54) is 0 Å². The van der Waals surface area contributed by atoms with Gasteiger partial charge in [0, 0.05) is 24.8 Å². The van der Waals surface area contributed by atoms with Crippen LogP contribution in [-0.2, 0) is 17.8 Å². The van der Waals surface area contributed by atoms with Gasteiger partial charge in [-0.15, -0.1) is 0 Å². The van der Waals surface area contributed by atoms with Gasteiger partial charge in [0.1, 0.15) is 10.9 Å². The predicted octanol–water partition coefficient (Wildman–Crippen LogP) is 4.42. The fourth-order valence-electron chi connectivity index (χ4n) is 3.93. The van der Waals surface area contributed by atoms with Crippen LogP contribution in [0.3, 0.4) is 0 Å². The number of ether oxygens (including phenoxy) is 1. The second-order valence-electron chi connectivity index (χ2n) is 7.55. The Morgan fingerprint density at radius 3 is 2.53 bits per heavy atom. The van der Waals surface area contributed by atoms with Crippen molar-refractivity contribution in [3.05, 3.63) is 75.8 Å². The van der Waals surface area contributed by atoms with Crippen LogP contribution in [-0.4, -0.2) is 37.3 Å². The summed E-state index contributed by atoms with van der Waals surface area (Å²) >= 11 is 6.43. The normalized spacial score (nSPS) is 11.7. The summed E-state index contributed by atoms with van der Waals surface area (Å²) in [5, 5.41) is 1.13. The zero-order chi connectivity index (χ0) is 22.1. The Morgan fingerprint density at radius 2 is 1.75 bits per heavy atom. The molecule has 0 N–H and O–H groups in total. The van der Waals surface area contributed by atoms with Crippen LogP contribution in [0.15, 0.2) is 59.7 Å². The van der Waals surface area contributed by atoms with Gasteiger partial charge in [0.2, 0.25) is 0 Å². The molecular weight excluding hydrogens is 426 g/mol. The summed E-state index contributed by atoms with van der Waals surface area (Å²) in [4.78, 5) is 27.8. The molecule has 8 heteroatoms. The number of nitrogens with zero attached hydrogens (tertiary/aromatic N) is 5. The first-order valence-electron chi connectivity index (χ1n) is 10.6. The van der Waals surface area contributed by atoms with E-state index in [9.17, 15) is 4.79 Å². The summed E-state index contributed by atoms with van der Waals surface area (Å²) < 4.78 is 8.96.